The predicted octanol–water partition coefficient (Wildman–Crippen LogP) is 6.12. The van der Waals surface area contributed by atoms with Crippen LogP contribution in [0.15, 0.2) is 79.0 Å². The summed E-state index contributed by atoms with van der Waals surface area (Å²) in [6.45, 7) is 2.46. The van der Waals surface area contributed by atoms with Crippen LogP contribution in [0.2, 0.25) is 0 Å². The molecule has 1 heterocycles. The number of ether oxygens (including phenoxy) is 4. The minimum Gasteiger partial charge on any atom is -0.493 e. The van der Waals surface area contributed by atoms with Crippen LogP contribution in [-0.2, 0) is 9.53 Å². The van der Waals surface area contributed by atoms with Gasteiger partial charge in [-0.25, -0.2) is 0 Å². The van der Waals surface area contributed by atoms with Crippen LogP contribution >= 0.6 is 0 Å². The summed E-state index contributed by atoms with van der Waals surface area (Å²) < 4.78 is 22.2. The van der Waals surface area contributed by atoms with Crippen LogP contribution in [-0.4, -0.2) is 43.2 Å². The molecule has 0 unspecified atom stereocenters. The Morgan fingerprint density at radius 2 is 1.68 bits per heavy atom. The van der Waals surface area contributed by atoms with Gasteiger partial charge in [0.15, 0.2) is 11.5 Å². The van der Waals surface area contributed by atoms with Crippen molar-refractivity contribution in [2.75, 3.05) is 25.6 Å². The lowest BCUT2D eigenvalue weighted by atomic mass is 10.1. The number of pyridine rings is 1. The summed E-state index contributed by atoms with van der Waals surface area (Å²) in [5.41, 5.74) is 7.11. The molecule has 1 amide bonds. The largest absolute Gasteiger partial charge is 0.493 e. The topological polar surface area (TPSA) is 122 Å². The Morgan fingerprint density at radius 1 is 0.951 bits per heavy atom. The minimum absolute atomic E-state index is 0.0104. The zero-order valence-electron chi connectivity index (χ0n) is 23.3. The number of carbonyl (C=O) groups is 2. The molecule has 41 heavy (non-hydrogen) atoms. The van der Waals surface area contributed by atoms with E-state index in [-0.39, 0.29) is 24.5 Å². The van der Waals surface area contributed by atoms with Gasteiger partial charge in [-0.15, -0.1) is 0 Å². The first kappa shape index (κ1) is 29.4. The summed E-state index contributed by atoms with van der Waals surface area (Å²) in [5.74, 6) is 2.11. The van der Waals surface area contributed by atoms with Gasteiger partial charge in [-0.2, -0.15) is 0 Å². The van der Waals surface area contributed by atoms with Gasteiger partial charge in [0.1, 0.15) is 17.6 Å². The molecule has 214 valence electrons. The number of benzene rings is 3. The first-order chi connectivity index (χ1) is 20.0. The first-order valence-corrected chi connectivity index (χ1v) is 13.6. The van der Waals surface area contributed by atoms with E-state index in [1.165, 1.54) is 12.8 Å². The van der Waals surface area contributed by atoms with Crippen molar-refractivity contribution in [3.05, 3.63) is 84.6 Å². The van der Waals surface area contributed by atoms with E-state index >= 15 is 0 Å². The highest BCUT2D eigenvalue weighted by atomic mass is 16.5. The van der Waals surface area contributed by atoms with E-state index in [0.29, 0.717) is 40.9 Å². The predicted molar refractivity (Wildman–Crippen MR) is 158 cm³/mol. The van der Waals surface area contributed by atoms with E-state index in [1.807, 2.05) is 37.3 Å². The lowest BCUT2D eigenvalue weighted by Crippen LogP contribution is -2.21. The lowest BCUT2D eigenvalue weighted by molar-refractivity contribution is -0.146. The maximum Gasteiger partial charge on any atom is 0.319 e. The van der Waals surface area contributed by atoms with Gasteiger partial charge >= 0.3 is 5.97 Å². The first-order valence-electron chi connectivity index (χ1n) is 13.6. The number of aromatic nitrogens is 1. The standard InChI is InChI=1S/C25H22N2O4.C7H13NO2/c1-3-30-24-16-21-20(15-23(24)29-2)22(13-14-26-21)31-19-11-9-18(10-12-19)27-25(28)17-7-5-4-6-8-17;8-5-7(9)10-6-3-1-2-4-6/h4-16H,3H2,1-2H3,(H,27,28);6H,1-5,8H2. The molecule has 1 aliphatic carbocycles. The Labute approximate surface area is 239 Å². The second-order valence-electron chi connectivity index (χ2n) is 9.31. The number of esters is 1. The highest BCUT2D eigenvalue weighted by Crippen LogP contribution is 2.37. The van der Waals surface area contributed by atoms with Crippen LogP contribution in [0.25, 0.3) is 10.9 Å². The molecule has 0 bridgehead atoms. The van der Waals surface area contributed by atoms with E-state index in [0.717, 1.165) is 23.7 Å². The number of fused-ring (bicyclic) bond motifs is 1. The summed E-state index contributed by atoms with van der Waals surface area (Å²) in [7, 11) is 1.60. The normalized spacial score (nSPS) is 12.7. The molecule has 0 spiro atoms. The molecule has 0 atom stereocenters. The zero-order valence-corrected chi connectivity index (χ0v) is 23.3. The molecule has 9 heteroatoms. The number of methoxy groups -OCH3 is 1. The Bertz CT molecular complexity index is 1440. The second-order valence-corrected chi connectivity index (χ2v) is 9.31. The molecule has 4 aromatic rings. The Kier molecular flexibility index (Phi) is 10.5. The van der Waals surface area contributed by atoms with Crippen molar-refractivity contribution in [2.45, 2.75) is 38.7 Å². The van der Waals surface area contributed by atoms with Crippen molar-refractivity contribution in [2.24, 2.45) is 5.73 Å². The summed E-state index contributed by atoms with van der Waals surface area (Å²) in [5, 5.41) is 3.69. The fourth-order valence-corrected chi connectivity index (χ4v) is 4.41. The molecule has 0 saturated heterocycles. The minimum atomic E-state index is -0.271. The number of nitrogens with one attached hydrogen (secondary N) is 1. The highest BCUT2D eigenvalue weighted by molar-refractivity contribution is 6.04. The van der Waals surface area contributed by atoms with Crippen LogP contribution in [0, 0.1) is 0 Å². The number of amides is 1. The molecular formula is C32H35N3O6. The zero-order chi connectivity index (χ0) is 29.0. The maximum atomic E-state index is 12.3. The summed E-state index contributed by atoms with van der Waals surface area (Å²) in [4.78, 5) is 27.3. The fourth-order valence-electron chi connectivity index (χ4n) is 4.41. The Morgan fingerprint density at radius 3 is 2.34 bits per heavy atom. The average molecular weight is 558 g/mol. The summed E-state index contributed by atoms with van der Waals surface area (Å²) in [6, 6.07) is 21.8. The van der Waals surface area contributed by atoms with Crippen molar-refractivity contribution in [1.29, 1.82) is 0 Å². The van der Waals surface area contributed by atoms with Crippen molar-refractivity contribution in [1.82, 2.24) is 4.98 Å². The molecule has 3 aromatic carbocycles. The van der Waals surface area contributed by atoms with Gasteiger partial charge in [0.05, 0.1) is 25.8 Å². The van der Waals surface area contributed by atoms with Gasteiger partial charge in [-0.1, -0.05) is 18.2 Å². The number of nitrogens with two attached hydrogens (primary N) is 1. The second kappa shape index (κ2) is 14.7. The maximum absolute atomic E-state index is 12.3. The van der Waals surface area contributed by atoms with E-state index < -0.39 is 0 Å². The van der Waals surface area contributed by atoms with E-state index in [2.05, 4.69) is 10.3 Å². The third kappa shape index (κ3) is 8.18. The van der Waals surface area contributed by atoms with E-state index in [1.54, 1.807) is 55.8 Å². The van der Waals surface area contributed by atoms with Crippen LogP contribution in [0.3, 0.4) is 0 Å². The van der Waals surface area contributed by atoms with Gasteiger partial charge in [-0.3, -0.25) is 14.6 Å². The lowest BCUT2D eigenvalue weighted by Gasteiger charge is -2.13. The van der Waals surface area contributed by atoms with Gasteiger partial charge in [0.25, 0.3) is 5.91 Å². The van der Waals surface area contributed by atoms with Crippen molar-refractivity contribution in [3.63, 3.8) is 0 Å². The van der Waals surface area contributed by atoms with Crippen molar-refractivity contribution >= 4 is 28.5 Å². The van der Waals surface area contributed by atoms with Crippen LogP contribution in [0.1, 0.15) is 43.0 Å². The van der Waals surface area contributed by atoms with Crippen LogP contribution in [0.4, 0.5) is 5.69 Å². The summed E-state index contributed by atoms with van der Waals surface area (Å²) >= 11 is 0. The molecule has 1 aromatic heterocycles. The quantitative estimate of drug-likeness (QED) is 0.236. The number of nitrogens with zero attached hydrogens (tertiary/aromatic N) is 1. The molecule has 5 rings (SSSR count). The van der Waals surface area contributed by atoms with Gasteiger partial charge in [-0.05, 0) is 81.1 Å². The molecule has 0 radical (unpaired) electrons. The monoisotopic (exact) mass is 557 g/mol. The fraction of sp³-hybridized carbons (Fsp3) is 0.281. The van der Waals surface area contributed by atoms with Crippen LogP contribution < -0.4 is 25.3 Å². The number of carbonyl (C=O) groups excluding carboxylic acids is 2. The number of anilines is 1. The highest BCUT2D eigenvalue weighted by Gasteiger charge is 2.18. The molecule has 1 fully saturated rings. The molecule has 9 nitrogen and oxygen atoms in total. The van der Waals surface area contributed by atoms with Crippen molar-refractivity contribution < 1.29 is 28.5 Å². The Hall–Kier alpha value is -4.63. The molecule has 1 aliphatic rings. The smallest absolute Gasteiger partial charge is 0.319 e. The Balaban J connectivity index is 0.000000328. The van der Waals surface area contributed by atoms with E-state index in [4.69, 9.17) is 24.7 Å². The van der Waals surface area contributed by atoms with Gasteiger partial charge < -0.3 is 30.0 Å². The third-order valence-electron chi connectivity index (χ3n) is 6.43. The molecule has 0 aliphatic heterocycles. The van der Waals surface area contributed by atoms with Crippen molar-refractivity contribution in [3.8, 4) is 23.0 Å². The molecular weight excluding hydrogens is 522 g/mol. The third-order valence-corrected chi connectivity index (χ3v) is 6.43. The number of hydrogen-bond acceptors (Lipinski definition) is 8. The van der Waals surface area contributed by atoms with Gasteiger partial charge in [0.2, 0.25) is 0 Å². The van der Waals surface area contributed by atoms with Gasteiger partial charge in [0, 0.05) is 28.9 Å². The molecule has 1 saturated carbocycles. The SMILES string of the molecule is CCOc1cc2nccc(Oc3ccc(NC(=O)c4ccccc4)cc3)c2cc1OC.NCC(=O)OC1CCCC1. The number of hydrogen-bond donors (Lipinski definition) is 2. The summed E-state index contributed by atoms with van der Waals surface area (Å²) in [6.07, 6.45) is 6.26. The van der Waals surface area contributed by atoms with E-state index in [9.17, 15) is 9.59 Å². The molecule has 3 N–H and O–H groups in total. The van der Waals surface area contributed by atoms with Crippen LogP contribution in [0.5, 0.6) is 23.0 Å². The number of rotatable bonds is 9. The average Bonchev–Trinajstić information content (AvgIpc) is 3.52.